The van der Waals surface area contributed by atoms with Crippen molar-refractivity contribution in [1.82, 2.24) is 10.2 Å². The van der Waals surface area contributed by atoms with Gasteiger partial charge in [-0.15, -0.1) is 0 Å². The molecule has 0 radical (unpaired) electrons. The predicted octanol–water partition coefficient (Wildman–Crippen LogP) is 3.35. The van der Waals surface area contributed by atoms with Gasteiger partial charge in [-0.3, -0.25) is 4.90 Å². The van der Waals surface area contributed by atoms with Gasteiger partial charge in [-0.1, -0.05) is 13.0 Å². The van der Waals surface area contributed by atoms with Crippen molar-refractivity contribution in [2.45, 2.75) is 52.2 Å². The molecule has 0 heterocycles. The third-order valence-electron chi connectivity index (χ3n) is 3.98. The fraction of sp³-hybridized carbons (Fsp3) is 0.647. The van der Waals surface area contributed by atoms with Crippen molar-refractivity contribution in [2.75, 3.05) is 20.2 Å². The molecule has 1 aliphatic rings. The average molecular weight is 276 g/mol. The van der Waals surface area contributed by atoms with E-state index in [0.717, 1.165) is 31.5 Å². The van der Waals surface area contributed by atoms with Crippen molar-refractivity contribution in [3.05, 3.63) is 29.3 Å². The van der Waals surface area contributed by atoms with Gasteiger partial charge < -0.3 is 10.1 Å². The van der Waals surface area contributed by atoms with Crippen LogP contribution in [0.5, 0.6) is 5.75 Å². The Kier molecular flexibility index (Phi) is 5.44. The summed E-state index contributed by atoms with van der Waals surface area (Å²) in [6, 6.07) is 7.78. The molecule has 2 rings (SSSR count). The SMILES string of the molecule is CCNC(C)c1ccc(OCC)c(CN(C)C2CC2)c1. The summed E-state index contributed by atoms with van der Waals surface area (Å²) in [6.07, 6.45) is 2.68. The minimum Gasteiger partial charge on any atom is -0.494 e. The summed E-state index contributed by atoms with van der Waals surface area (Å²) in [5.41, 5.74) is 2.65. The van der Waals surface area contributed by atoms with E-state index >= 15 is 0 Å². The lowest BCUT2D eigenvalue weighted by Gasteiger charge is -2.21. The van der Waals surface area contributed by atoms with Crippen molar-refractivity contribution >= 4 is 0 Å². The molecule has 1 aromatic carbocycles. The van der Waals surface area contributed by atoms with Crippen LogP contribution in [0.15, 0.2) is 18.2 Å². The molecule has 1 aliphatic carbocycles. The lowest BCUT2D eigenvalue weighted by atomic mass is 10.0. The monoisotopic (exact) mass is 276 g/mol. The van der Waals surface area contributed by atoms with Gasteiger partial charge in [0.2, 0.25) is 0 Å². The van der Waals surface area contributed by atoms with Gasteiger partial charge in [0.25, 0.3) is 0 Å². The second-order valence-electron chi connectivity index (χ2n) is 5.73. The zero-order valence-electron chi connectivity index (χ0n) is 13.3. The Morgan fingerprint density at radius 2 is 2.10 bits per heavy atom. The molecule has 3 heteroatoms. The number of hydrogen-bond acceptors (Lipinski definition) is 3. The van der Waals surface area contributed by atoms with E-state index in [2.05, 4.69) is 49.3 Å². The molecule has 1 atom stereocenters. The molecule has 0 aliphatic heterocycles. The molecule has 3 nitrogen and oxygen atoms in total. The van der Waals surface area contributed by atoms with Crippen LogP contribution < -0.4 is 10.1 Å². The molecule has 0 bridgehead atoms. The summed E-state index contributed by atoms with van der Waals surface area (Å²) < 4.78 is 5.79. The zero-order valence-corrected chi connectivity index (χ0v) is 13.3. The van der Waals surface area contributed by atoms with Gasteiger partial charge in [-0.25, -0.2) is 0 Å². The van der Waals surface area contributed by atoms with Crippen LogP contribution >= 0.6 is 0 Å². The van der Waals surface area contributed by atoms with Crippen LogP contribution in [0.4, 0.5) is 0 Å². The van der Waals surface area contributed by atoms with Gasteiger partial charge in [0.15, 0.2) is 0 Å². The highest BCUT2D eigenvalue weighted by molar-refractivity contribution is 5.38. The maximum Gasteiger partial charge on any atom is 0.123 e. The van der Waals surface area contributed by atoms with E-state index in [1.54, 1.807) is 0 Å². The zero-order chi connectivity index (χ0) is 14.5. The van der Waals surface area contributed by atoms with Crippen molar-refractivity contribution in [3.63, 3.8) is 0 Å². The van der Waals surface area contributed by atoms with Crippen LogP contribution in [0.3, 0.4) is 0 Å². The molecule has 1 saturated carbocycles. The van der Waals surface area contributed by atoms with Gasteiger partial charge in [0.05, 0.1) is 6.61 Å². The second kappa shape index (κ2) is 7.09. The van der Waals surface area contributed by atoms with Gasteiger partial charge in [0, 0.05) is 24.2 Å². The van der Waals surface area contributed by atoms with Crippen LogP contribution in [0.25, 0.3) is 0 Å². The van der Waals surface area contributed by atoms with Crippen LogP contribution in [0.1, 0.15) is 50.8 Å². The van der Waals surface area contributed by atoms with Gasteiger partial charge >= 0.3 is 0 Å². The first-order chi connectivity index (χ1) is 9.65. The quantitative estimate of drug-likeness (QED) is 0.788. The van der Waals surface area contributed by atoms with Crippen LogP contribution in [-0.4, -0.2) is 31.1 Å². The molecule has 0 amide bonds. The summed E-state index contributed by atoms with van der Waals surface area (Å²) in [4.78, 5) is 2.44. The van der Waals surface area contributed by atoms with Crippen molar-refractivity contribution < 1.29 is 4.74 Å². The maximum absolute atomic E-state index is 5.79. The van der Waals surface area contributed by atoms with Crippen molar-refractivity contribution in [2.24, 2.45) is 0 Å². The summed E-state index contributed by atoms with van der Waals surface area (Å²) in [5.74, 6) is 1.03. The number of ether oxygens (including phenoxy) is 1. The molecule has 1 aromatic rings. The van der Waals surface area contributed by atoms with E-state index in [1.807, 2.05) is 6.92 Å². The Morgan fingerprint density at radius 3 is 2.70 bits per heavy atom. The number of rotatable bonds is 8. The Labute approximate surface area is 123 Å². The summed E-state index contributed by atoms with van der Waals surface area (Å²) >= 11 is 0. The Bertz CT molecular complexity index is 429. The molecule has 1 N–H and O–H groups in total. The Hall–Kier alpha value is -1.06. The fourth-order valence-electron chi connectivity index (χ4n) is 2.63. The largest absolute Gasteiger partial charge is 0.494 e. The maximum atomic E-state index is 5.79. The highest BCUT2D eigenvalue weighted by Crippen LogP contribution is 2.30. The number of benzene rings is 1. The Morgan fingerprint density at radius 1 is 1.35 bits per heavy atom. The third-order valence-corrected chi connectivity index (χ3v) is 3.98. The second-order valence-corrected chi connectivity index (χ2v) is 5.73. The molecule has 0 saturated heterocycles. The first-order valence-electron chi connectivity index (χ1n) is 7.84. The van der Waals surface area contributed by atoms with Crippen LogP contribution in [0.2, 0.25) is 0 Å². The fourth-order valence-corrected chi connectivity index (χ4v) is 2.63. The molecule has 0 aromatic heterocycles. The van der Waals surface area contributed by atoms with Gasteiger partial charge in [0.1, 0.15) is 5.75 Å². The van der Waals surface area contributed by atoms with Gasteiger partial charge in [-0.05, 0) is 58.0 Å². The lowest BCUT2D eigenvalue weighted by molar-refractivity contribution is 0.296. The van der Waals surface area contributed by atoms with Crippen molar-refractivity contribution in [1.29, 1.82) is 0 Å². The minimum atomic E-state index is 0.389. The van der Waals surface area contributed by atoms with Crippen LogP contribution in [-0.2, 0) is 6.54 Å². The van der Waals surface area contributed by atoms with E-state index in [9.17, 15) is 0 Å². The van der Waals surface area contributed by atoms with Gasteiger partial charge in [-0.2, -0.15) is 0 Å². The van der Waals surface area contributed by atoms with E-state index in [4.69, 9.17) is 4.74 Å². The summed E-state index contributed by atoms with van der Waals surface area (Å²) in [7, 11) is 2.22. The van der Waals surface area contributed by atoms with E-state index in [-0.39, 0.29) is 0 Å². The molecule has 1 unspecified atom stereocenters. The third kappa shape index (κ3) is 3.97. The Balaban J connectivity index is 2.16. The summed E-state index contributed by atoms with van der Waals surface area (Å²) in [5, 5.41) is 3.47. The van der Waals surface area contributed by atoms with E-state index < -0.39 is 0 Å². The number of nitrogens with one attached hydrogen (secondary N) is 1. The molecule has 0 spiro atoms. The molecular formula is C17H28N2O. The smallest absolute Gasteiger partial charge is 0.123 e. The highest BCUT2D eigenvalue weighted by Gasteiger charge is 2.26. The van der Waals surface area contributed by atoms with E-state index in [1.165, 1.54) is 24.0 Å². The molecule has 20 heavy (non-hydrogen) atoms. The normalized spacial score (nSPS) is 16.4. The molecule has 1 fully saturated rings. The molecule has 112 valence electrons. The lowest BCUT2D eigenvalue weighted by Crippen LogP contribution is -2.21. The van der Waals surface area contributed by atoms with Crippen LogP contribution in [0, 0.1) is 0 Å². The molecular weight excluding hydrogens is 248 g/mol. The highest BCUT2D eigenvalue weighted by atomic mass is 16.5. The minimum absolute atomic E-state index is 0.389. The van der Waals surface area contributed by atoms with Crippen molar-refractivity contribution in [3.8, 4) is 5.75 Å². The number of nitrogens with zero attached hydrogens (tertiary/aromatic N) is 1. The predicted molar refractivity (Wildman–Crippen MR) is 84.2 cm³/mol. The standard InChI is InChI=1S/C17H28N2O/c1-5-18-13(3)14-7-10-17(20-6-2)15(11-14)12-19(4)16-8-9-16/h7,10-11,13,16,18H,5-6,8-9,12H2,1-4H3. The first-order valence-corrected chi connectivity index (χ1v) is 7.84. The average Bonchev–Trinajstić information content (AvgIpc) is 3.25. The summed E-state index contributed by atoms with van der Waals surface area (Å²) in [6.45, 7) is 9.10. The first kappa shape index (κ1) is 15.3. The number of hydrogen-bond donors (Lipinski definition) is 1. The van der Waals surface area contributed by atoms with E-state index in [0.29, 0.717) is 6.04 Å². The topological polar surface area (TPSA) is 24.5 Å².